The van der Waals surface area contributed by atoms with E-state index in [0.717, 1.165) is 3.57 Å². The lowest BCUT2D eigenvalue weighted by Gasteiger charge is -2.29. The second kappa shape index (κ2) is 6.27. The molecule has 1 aliphatic heterocycles. The number of nitrogens with zero attached hydrogens (tertiary/aromatic N) is 1. The van der Waals surface area contributed by atoms with Gasteiger partial charge in [0.1, 0.15) is 0 Å². The summed E-state index contributed by atoms with van der Waals surface area (Å²) in [6, 6.07) is 7.02. The molecule has 0 radical (unpaired) electrons. The summed E-state index contributed by atoms with van der Waals surface area (Å²) in [4.78, 5) is 10.8. The van der Waals surface area contributed by atoms with Crippen LogP contribution in [-0.4, -0.2) is 36.9 Å². The third kappa shape index (κ3) is 3.83. The number of carboxylic acid groups (broad SMARTS) is 1. The Morgan fingerprint density at radius 2 is 1.80 bits per heavy atom. The van der Waals surface area contributed by atoms with Gasteiger partial charge < -0.3 is 5.11 Å². The number of piperidine rings is 1. The van der Waals surface area contributed by atoms with E-state index in [9.17, 15) is 13.2 Å². The van der Waals surface area contributed by atoms with Crippen molar-refractivity contribution in [2.45, 2.75) is 12.8 Å². The van der Waals surface area contributed by atoms with Crippen LogP contribution in [0.3, 0.4) is 0 Å². The summed E-state index contributed by atoms with van der Waals surface area (Å²) >= 11 is 2.14. The normalized spacial score (nSPS) is 17.9. The van der Waals surface area contributed by atoms with E-state index in [-0.39, 0.29) is 13.1 Å². The van der Waals surface area contributed by atoms with Gasteiger partial charge in [0.05, 0.1) is 5.92 Å². The minimum Gasteiger partial charge on any atom is -0.481 e. The average Bonchev–Trinajstić information content (AvgIpc) is 2.41. The van der Waals surface area contributed by atoms with E-state index in [4.69, 9.17) is 5.11 Å². The molecular weight excluding hydrogens is 395 g/mol. The number of aliphatic carboxylic acids is 1. The zero-order valence-corrected chi connectivity index (χ0v) is 13.6. The van der Waals surface area contributed by atoms with E-state index in [1.165, 1.54) is 4.31 Å². The van der Waals surface area contributed by atoms with Crippen molar-refractivity contribution in [3.8, 4) is 0 Å². The van der Waals surface area contributed by atoms with Gasteiger partial charge >= 0.3 is 16.2 Å². The van der Waals surface area contributed by atoms with Gasteiger partial charge in [0.25, 0.3) is 0 Å². The van der Waals surface area contributed by atoms with Crippen LogP contribution in [0.25, 0.3) is 0 Å². The second-order valence-electron chi connectivity index (χ2n) is 4.63. The summed E-state index contributed by atoms with van der Waals surface area (Å²) in [7, 11) is -3.61. The molecule has 1 aromatic rings. The summed E-state index contributed by atoms with van der Waals surface area (Å²) in [6.45, 7) is 0.466. The fourth-order valence-corrected chi connectivity index (χ4v) is 3.69. The Hall–Kier alpha value is -0.870. The summed E-state index contributed by atoms with van der Waals surface area (Å²) in [6.07, 6.45) is 0.700. The third-order valence-electron chi connectivity index (χ3n) is 3.23. The molecule has 0 bridgehead atoms. The van der Waals surface area contributed by atoms with E-state index in [1.54, 1.807) is 12.1 Å². The molecule has 1 aliphatic rings. The molecule has 0 atom stereocenters. The van der Waals surface area contributed by atoms with E-state index < -0.39 is 22.1 Å². The van der Waals surface area contributed by atoms with Crippen molar-refractivity contribution in [3.63, 3.8) is 0 Å². The molecule has 1 fully saturated rings. The van der Waals surface area contributed by atoms with E-state index >= 15 is 0 Å². The zero-order chi connectivity index (χ0) is 14.8. The SMILES string of the molecule is O=C(O)C1CCN(S(=O)(=O)Nc2ccc(I)cc2)CC1. The van der Waals surface area contributed by atoms with Crippen LogP contribution in [0.15, 0.2) is 24.3 Å². The highest BCUT2D eigenvalue weighted by Crippen LogP contribution is 2.21. The smallest absolute Gasteiger partial charge is 0.306 e. The van der Waals surface area contributed by atoms with Gasteiger partial charge in [0, 0.05) is 22.3 Å². The van der Waals surface area contributed by atoms with Crippen LogP contribution >= 0.6 is 22.6 Å². The number of hydrogen-bond acceptors (Lipinski definition) is 3. The molecule has 0 saturated carbocycles. The predicted molar refractivity (Wildman–Crippen MR) is 83.6 cm³/mol. The van der Waals surface area contributed by atoms with E-state index in [0.29, 0.717) is 18.5 Å². The molecule has 0 aliphatic carbocycles. The summed E-state index contributed by atoms with van der Waals surface area (Å²) in [5, 5.41) is 8.90. The average molecular weight is 410 g/mol. The number of carbonyl (C=O) groups is 1. The highest BCUT2D eigenvalue weighted by Gasteiger charge is 2.30. The number of halogens is 1. The maximum atomic E-state index is 12.2. The quantitative estimate of drug-likeness (QED) is 0.741. The van der Waals surface area contributed by atoms with Crippen molar-refractivity contribution in [1.82, 2.24) is 4.31 Å². The summed E-state index contributed by atoms with van der Waals surface area (Å²) in [5.74, 6) is -1.30. The molecule has 0 aromatic heterocycles. The standard InChI is InChI=1S/C12H15IN2O4S/c13-10-1-3-11(4-2-10)14-20(18,19)15-7-5-9(6-8-15)12(16)17/h1-4,9,14H,5-8H2,(H,16,17). The molecule has 0 spiro atoms. The fraction of sp³-hybridized carbons (Fsp3) is 0.417. The first-order chi connectivity index (χ1) is 9.38. The number of anilines is 1. The third-order valence-corrected chi connectivity index (χ3v) is 5.49. The van der Waals surface area contributed by atoms with Gasteiger partial charge in [-0.15, -0.1) is 0 Å². The Morgan fingerprint density at radius 3 is 2.30 bits per heavy atom. The van der Waals surface area contributed by atoms with Gasteiger partial charge in [-0.25, -0.2) is 0 Å². The minimum atomic E-state index is -3.61. The van der Waals surface area contributed by atoms with Gasteiger partial charge in [-0.3, -0.25) is 9.52 Å². The van der Waals surface area contributed by atoms with Crippen molar-refractivity contribution in [2.24, 2.45) is 5.92 Å². The molecule has 1 aromatic carbocycles. The van der Waals surface area contributed by atoms with Gasteiger partial charge in [0.15, 0.2) is 0 Å². The van der Waals surface area contributed by atoms with Crippen molar-refractivity contribution < 1.29 is 18.3 Å². The molecule has 6 nitrogen and oxygen atoms in total. The molecule has 110 valence electrons. The Kier molecular flexibility index (Phi) is 4.86. The summed E-state index contributed by atoms with van der Waals surface area (Å²) in [5.41, 5.74) is 0.505. The van der Waals surface area contributed by atoms with Crippen LogP contribution in [0.4, 0.5) is 5.69 Å². The Labute approximate surface area is 131 Å². The van der Waals surface area contributed by atoms with Crippen molar-refractivity contribution >= 4 is 44.5 Å². The molecule has 1 heterocycles. The number of hydrogen-bond donors (Lipinski definition) is 2. The summed E-state index contributed by atoms with van der Waals surface area (Å²) < 4.78 is 29.2. The minimum absolute atomic E-state index is 0.233. The van der Waals surface area contributed by atoms with Gasteiger partial charge in [-0.05, 0) is 59.7 Å². The van der Waals surface area contributed by atoms with Crippen LogP contribution in [0.2, 0.25) is 0 Å². The first-order valence-electron chi connectivity index (χ1n) is 6.15. The van der Waals surface area contributed by atoms with Crippen LogP contribution in [-0.2, 0) is 15.0 Å². The van der Waals surface area contributed by atoms with Gasteiger partial charge in [-0.1, -0.05) is 0 Å². The number of rotatable bonds is 4. The Balaban J connectivity index is 2.01. The highest BCUT2D eigenvalue weighted by molar-refractivity contribution is 14.1. The molecule has 0 amide bonds. The van der Waals surface area contributed by atoms with Gasteiger partial charge in [-0.2, -0.15) is 12.7 Å². The van der Waals surface area contributed by atoms with Crippen molar-refractivity contribution in [1.29, 1.82) is 0 Å². The second-order valence-corrected chi connectivity index (χ2v) is 7.54. The van der Waals surface area contributed by atoms with Crippen molar-refractivity contribution in [2.75, 3.05) is 17.8 Å². The molecule has 0 unspecified atom stereocenters. The monoisotopic (exact) mass is 410 g/mol. The molecule has 2 N–H and O–H groups in total. The van der Waals surface area contributed by atoms with Crippen LogP contribution in [0.1, 0.15) is 12.8 Å². The molecule has 2 rings (SSSR count). The molecule has 1 saturated heterocycles. The first kappa shape index (κ1) is 15.5. The number of benzene rings is 1. The van der Waals surface area contributed by atoms with Crippen LogP contribution in [0, 0.1) is 9.49 Å². The fourth-order valence-electron chi connectivity index (χ4n) is 2.07. The lowest BCUT2D eigenvalue weighted by Crippen LogP contribution is -2.42. The lowest BCUT2D eigenvalue weighted by atomic mass is 9.99. The van der Waals surface area contributed by atoms with Crippen LogP contribution < -0.4 is 4.72 Å². The molecule has 8 heteroatoms. The lowest BCUT2D eigenvalue weighted by molar-refractivity contribution is -0.142. The number of nitrogens with one attached hydrogen (secondary N) is 1. The van der Waals surface area contributed by atoms with Gasteiger partial charge in [0.2, 0.25) is 0 Å². The van der Waals surface area contributed by atoms with E-state index in [1.807, 2.05) is 12.1 Å². The maximum absolute atomic E-state index is 12.2. The zero-order valence-electron chi connectivity index (χ0n) is 10.6. The van der Waals surface area contributed by atoms with Crippen LogP contribution in [0.5, 0.6) is 0 Å². The maximum Gasteiger partial charge on any atom is 0.306 e. The number of carboxylic acids is 1. The largest absolute Gasteiger partial charge is 0.481 e. The Morgan fingerprint density at radius 1 is 1.25 bits per heavy atom. The Bertz CT molecular complexity index is 580. The molecular formula is C12H15IN2O4S. The van der Waals surface area contributed by atoms with Crippen molar-refractivity contribution in [3.05, 3.63) is 27.8 Å². The topological polar surface area (TPSA) is 86.7 Å². The first-order valence-corrected chi connectivity index (χ1v) is 8.66. The van der Waals surface area contributed by atoms with E-state index in [2.05, 4.69) is 27.3 Å². The highest BCUT2D eigenvalue weighted by atomic mass is 127. The predicted octanol–water partition coefficient (Wildman–Crippen LogP) is 1.74. The molecule has 20 heavy (non-hydrogen) atoms.